The summed E-state index contributed by atoms with van der Waals surface area (Å²) >= 11 is 0. The summed E-state index contributed by atoms with van der Waals surface area (Å²) in [6.07, 6.45) is 1.12. The van der Waals surface area contributed by atoms with E-state index in [-0.39, 0.29) is 18.4 Å². The minimum absolute atomic E-state index is 0.179. The van der Waals surface area contributed by atoms with Crippen molar-refractivity contribution < 1.29 is 14.3 Å². The fraction of sp³-hybridized carbons (Fsp3) is 0.471. The van der Waals surface area contributed by atoms with Crippen LogP contribution in [0.3, 0.4) is 0 Å². The van der Waals surface area contributed by atoms with Gasteiger partial charge in [-0.25, -0.2) is 4.79 Å². The molecule has 0 unspecified atom stereocenters. The van der Waals surface area contributed by atoms with Crippen molar-refractivity contribution in [3.63, 3.8) is 0 Å². The number of ether oxygens (including phenoxy) is 1. The van der Waals surface area contributed by atoms with E-state index in [1.807, 2.05) is 32.9 Å². The van der Waals surface area contributed by atoms with Gasteiger partial charge in [-0.05, 0) is 57.4 Å². The first-order valence-electron chi connectivity index (χ1n) is 7.60. The molecule has 0 saturated heterocycles. The third-order valence-corrected chi connectivity index (χ3v) is 3.34. The Morgan fingerprint density at radius 1 is 1.39 bits per heavy atom. The minimum atomic E-state index is -0.542. The molecule has 0 fully saturated rings. The number of benzene rings is 1. The Bertz CT molecular complexity index is 656. The highest BCUT2D eigenvalue weighted by Crippen LogP contribution is 2.31. The van der Waals surface area contributed by atoms with E-state index in [0.717, 1.165) is 24.1 Å². The molecule has 1 aromatic rings. The second-order valence-corrected chi connectivity index (χ2v) is 6.46. The molecule has 0 aromatic heterocycles. The van der Waals surface area contributed by atoms with Crippen molar-refractivity contribution in [2.45, 2.75) is 45.6 Å². The third-order valence-electron chi connectivity index (χ3n) is 3.34. The van der Waals surface area contributed by atoms with E-state index in [1.165, 1.54) is 0 Å². The molecule has 1 aromatic carbocycles. The van der Waals surface area contributed by atoms with Gasteiger partial charge in [0, 0.05) is 12.2 Å². The predicted octanol–water partition coefficient (Wildman–Crippen LogP) is 3.23. The molecule has 0 atom stereocenters. The molecular formula is C17H21N3O3. The number of nitrogens with zero attached hydrogens (tertiary/aromatic N) is 2. The van der Waals surface area contributed by atoms with Crippen molar-refractivity contribution in [3.05, 3.63) is 23.8 Å². The van der Waals surface area contributed by atoms with E-state index in [2.05, 4.69) is 5.32 Å². The molecule has 2 rings (SSSR count). The highest BCUT2D eigenvalue weighted by molar-refractivity contribution is 5.94. The molecule has 1 heterocycles. The number of anilines is 2. The van der Waals surface area contributed by atoms with Gasteiger partial charge < -0.3 is 10.1 Å². The summed E-state index contributed by atoms with van der Waals surface area (Å²) in [6, 6.07) is 7.20. The van der Waals surface area contributed by atoms with Gasteiger partial charge in [0.1, 0.15) is 12.0 Å². The van der Waals surface area contributed by atoms with Crippen molar-refractivity contribution in [1.82, 2.24) is 0 Å². The molecule has 122 valence electrons. The maximum atomic E-state index is 12.3. The maximum Gasteiger partial charge on any atom is 0.414 e. The first kappa shape index (κ1) is 16.8. The molecule has 0 radical (unpaired) electrons. The van der Waals surface area contributed by atoms with Crippen LogP contribution >= 0.6 is 0 Å². The van der Waals surface area contributed by atoms with Gasteiger partial charge in [-0.2, -0.15) is 5.26 Å². The lowest BCUT2D eigenvalue weighted by atomic mass is 10.0. The van der Waals surface area contributed by atoms with Crippen LogP contribution in [0.25, 0.3) is 0 Å². The average Bonchev–Trinajstić information content (AvgIpc) is 2.44. The molecule has 1 aliphatic rings. The molecule has 0 aliphatic carbocycles. The van der Waals surface area contributed by atoms with Gasteiger partial charge in [0.15, 0.2) is 0 Å². The van der Waals surface area contributed by atoms with Crippen LogP contribution in [0.2, 0.25) is 0 Å². The third kappa shape index (κ3) is 4.46. The quantitative estimate of drug-likeness (QED) is 0.908. The predicted molar refractivity (Wildman–Crippen MR) is 87.2 cm³/mol. The van der Waals surface area contributed by atoms with E-state index < -0.39 is 5.60 Å². The lowest BCUT2D eigenvalue weighted by Crippen LogP contribution is -2.39. The first-order chi connectivity index (χ1) is 10.8. The van der Waals surface area contributed by atoms with E-state index in [0.29, 0.717) is 12.2 Å². The SMILES string of the molecule is CC(C)(C)OC(=O)N1CCCc2cc(NC(=O)CC#N)ccc21. The average molecular weight is 315 g/mol. The highest BCUT2D eigenvalue weighted by atomic mass is 16.6. The van der Waals surface area contributed by atoms with Gasteiger partial charge in [-0.15, -0.1) is 0 Å². The second kappa shape index (κ2) is 6.69. The van der Waals surface area contributed by atoms with Crippen LogP contribution in [0.1, 0.15) is 39.2 Å². The Labute approximate surface area is 136 Å². The molecule has 23 heavy (non-hydrogen) atoms. The molecular weight excluding hydrogens is 294 g/mol. The number of hydrogen-bond acceptors (Lipinski definition) is 4. The number of rotatable bonds is 2. The van der Waals surface area contributed by atoms with Crippen molar-refractivity contribution in [1.29, 1.82) is 5.26 Å². The van der Waals surface area contributed by atoms with Gasteiger partial charge in [-0.3, -0.25) is 9.69 Å². The first-order valence-corrected chi connectivity index (χ1v) is 7.60. The normalized spacial score (nSPS) is 13.7. The Morgan fingerprint density at radius 3 is 2.78 bits per heavy atom. The van der Waals surface area contributed by atoms with E-state index in [9.17, 15) is 9.59 Å². The molecule has 0 saturated carbocycles. The van der Waals surface area contributed by atoms with Gasteiger partial charge in [-0.1, -0.05) is 0 Å². The van der Waals surface area contributed by atoms with E-state index in [1.54, 1.807) is 17.0 Å². The van der Waals surface area contributed by atoms with Gasteiger partial charge >= 0.3 is 6.09 Å². The standard InChI is InChI=1S/C17H21N3O3/c1-17(2,3)23-16(22)20-10-4-5-12-11-13(6-7-14(12)20)19-15(21)8-9-18/h6-7,11H,4-5,8,10H2,1-3H3,(H,19,21). The van der Waals surface area contributed by atoms with Crippen molar-refractivity contribution in [2.24, 2.45) is 0 Å². The summed E-state index contributed by atoms with van der Waals surface area (Å²) < 4.78 is 5.44. The molecule has 6 heteroatoms. The largest absolute Gasteiger partial charge is 0.443 e. The van der Waals surface area contributed by atoms with Gasteiger partial charge in [0.25, 0.3) is 0 Å². The molecule has 0 bridgehead atoms. The number of aryl methyl sites for hydroxylation is 1. The van der Waals surface area contributed by atoms with Crippen molar-refractivity contribution in [2.75, 3.05) is 16.8 Å². The Balaban J connectivity index is 2.18. The van der Waals surface area contributed by atoms with Crippen molar-refractivity contribution >= 4 is 23.4 Å². The van der Waals surface area contributed by atoms with E-state index in [4.69, 9.17) is 10.00 Å². The van der Waals surface area contributed by atoms with Crippen molar-refractivity contribution in [3.8, 4) is 6.07 Å². The highest BCUT2D eigenvalue weighted by Gasteiger charge is 2.27. The smallest absolute Gasteiger partial charge is 0.414 e. The van der Waals surface area contributed by atoms with Crippen LogP contribution in [-0.2, 0) is 16.0 Å². The summed E-state index contributed by atoms with van der Waals surface area (Å²) in [5, 5.41) is 11.2. The number of amides is 2. The maximum absolute atomic E-state index is 12.3. The summed E-state index contributed by atoms with van der Waals surface area (Å²) in [6.45, 7) is 6.12. The zero-order chi connectivity index (χ0) is 17.0. The summed E-state index contributed by atoms with van der Waals surface area (Å²) in [5.41, 5.74) is 1.88. The van der Waals surface area contributed by atoms with Gasteiger partial charge in [0.2, 0.25) is 5.91 Å². The number of nitriles is 1. The topological polar surface area (TPSA) is 82.4 Å². The van der Waals surface area contributed by atoms with Crippen LogP contribution in [-0.4, -0.2) is 24.1 Å². The van der Waals surface area contributed by atoms with Gasteiger partial charge in [0.05, 0.1) is 11.8 Å². The Kier molecular flexibility index (Phi) is 4.89. The Morgan fingerprint density at radius 2 is 2.13 bits per heavy atom. The lowest BCUT2D eigenvalue weighted by Gasteiger charge is -2.32. The molecule has 6 nitrogen and oxygen atoms in total. The zero-order valence-electron chi connectivity index (χ0n) is 13.7. The number of carbonyl (C=O) groups is 2. The summed E-state index contributed by atoms with van der Waals surface area (Å²) in [7, 11) is 0. The van der Waals surface area contributed by atoms with Crippen LogP contribution in [0.5, 0.6) is 0 Å². The van der Waals surface area contributed by atoms with Crippen LogP contribution < -0.4 is 10.2 Å². The zero-order valence-corrected chi connectivity index (χ0v) is 13.7. The fourth-order valence-electron chi connectivity index (χ4n) is 2.46. The molecule has 2 amide bonds. The second-order valence-electron chi connectivity index (χ2n) is 6.46. The number of fused-ring (bicyclic) bond motifs is 1. The number of nitrogens with one attached hydrogen (secondary N) is 1. The number of carbonyl (C=O) groups excluding carboxylic acids is 2. The number of hydrogen-bond donors (Lipinski definition) is 1. The Hall–Kier alpha value is -2.55. The van der Waals surface area contributed by atoms with Crippen LogP contribution in [0.4, 0.5) is 16.2 Å². The summed E-state index contributed by atoms with van der Waals surface area (Å²) in [5.74, 6) is -0.341. The fourth-order valence-corrected chi connectivity index (χ4v) is 2.46. The molecule has 0 spiro atoms. The van der Waals surface area contributed by atoms with Crippen LogP contribution in [0.15, 0.2) is 18.2 Å². The molecule has 1 N–H and O–H groups in total. The lowest BCUT2D eigenvalue weighted by molar-refractivity contribution is -0.115. The van der Waals surface area contributed by atoms with E-state index >= 15 is 0 Å². The monoisotopic (exact) mass is 315 g/mol. The van der Waals surface area contributed by atoms with Crippen LogP contribution in [0, 0.1) is 11.3 Å². The minimum Gasteiger partial charge on any atom is -0.443 e. The molecule has 1 aliphatic heterocycles. The summed E-state index contributed by atoms with van der Waals surface area (Å²) in [4.78, 5) is 25.4.